The number of carbonyl (C=O) groups excluding carboxylic acids is 2. The molecule has 0 aliphatic rings. The van der Waals surface area contributed by atoms with Gasteiger partial charge in [-0.15, -0.1) is 0 Å². The summed E-state index contributed by atoms with van der Waals surface area (Å²) in [5, 5.41) is 20.5. The van der Waals surface area contributed by atoms with Crippen molar-refractivity contribution in [3.8, 4) is 22.9 Å². The van der Waals surface area contributed by atoms with Crippen LogP contribution < -0.4 is 15.6 Å². The first kappa shape index (κ1) is 18.9. The number of ether oxygens (including phenoxy) is 1. The maximum atomic E-state index is 15.1. The maximum Gasteiger partial charge on any atom is 0.322 e. The molecule has 0 aromatic heterocycles. The van der Waals surface area contributed by atoms with Crippen LogP contribution in [0.1, 0.15) is 25.0 Å². The summed E-state index contributed by atoms with van der Waals surface area (Å²) < 4.78 is 20.1. The molecular formula is C19H16FN2O4-. The third-order valence-electron chi connectivity index (χ3n) is 4.07. The van der Waals surface area contributed by atoms with E-state index in [9.17, 15) is 20.0 Å². The normalized spacial score (nSPS) is 10.9. The number of rotatable bonds is 4. The van der Waals surface area contributed by atoms with Gasteiger partial charge in [0, 0.05) is 5.56 Å². The highest BCUT2D eigenvalue weighted by Gasteiger charge is 2.34. The van der Waals surface area contributed by atoms with E-state index in [1.807, 2.05) is 6.07 Å². The van der Waals surface area contributed by atoms with Crippen molar-refractivity contribution in [1.29, 1.82) is 5.26 Å². The second kappa shape index (κ2) is 6.84. The van der Waals surface area contributed by atoms with Gasteiger partial charge in [-0.1, -0.05) is 30.3 Å². The van der Waals surface area contributed by atoms with Gasteiger partial charge in [-0.2, -0.15) is 5.26 Å². The molecule has 0 aliphatic heterocycles. The molecule has 2 aromatic rings. The van der Waals surface area contributed by atoms with Crippen LogP contribution in [-0.4, -0.2) is 11.9 Å². The number of nitriles is 1. The number of carboxylic acid groups (broad SMARTS) is 1. The lowest BCUT2D eigenvalue weighted by atomic mass is 9.93. The van der Waals surface area contributed by atoms with E-state index in [0.29, 0.717) is 5.56 Å². The monoisotopic (exact) mass is 355 g/mol. The second-order valence-electron chi connectivity index (χ2n) is 6.21. The van der Waals surface area contributed by atoms with Crippen LogP contribution in [0.25, 0.3) is 11.1 Å². The van der Waals surface area contributed by atoms with E-state index >= 15 is 4.39 Å². The number of hydrogen-bond donors (Lipinski definition) is 1. The van der Waals surface area contributed by atoms with Gasteiger partial charge in [-0.25, -0.2) is 4.39 Å². The Morgan fingerprint density at radius 3 is 2.35 bits per heavy atom. The molecular weight excluding hydrogens is 339 g/mol. The first-order chi connectivity index (χ1) is 12.1. The summed E-state index contributed by atoms with van der Waals surface area (Å²) in [6.45, 7) is 3.66. The highest BCUT2D eigenvalue weighted by molar-refractivity contribution is 5.98. The van der Waals surface area contributed by atoms with E-state index in [2.05, 4.69) is 0 Å². The molecule has 26 heavy (non-hydrogen) atoms. The van der Waals surface area contributed by atoms with Crippen LogP contribution in [0.2, 0.25) is 0 Å². The van der Waals surface area contributed by atoms with Gasteiger partial charge in [0.15, 0.2) is 11.6 Å². The number of carboxylic acids is 1. The number of halogens is 1. The van der Waals surface area contributed by atoms with E-state index in [1.54, 1.807) is 30.3 Å². The number of aliphatic carboxylic acids is 1. The van der Waals surface area contributed by atoms with Crippen LogP contribution >= 0.6 is 0 Å². The van der Waals surface area contributed by atoms with Crippen molar-refractivity contribution in [1.82, 2.24) is 0 Å². The topological polar surface area (TPSA) is 116 Å². The minimum absolute atomic E-state index is 0.0467. The van der Waals surface area contributed by atoms with Gasteiger partial charge in [0.05, 0.1) is 17.2 Å². The van der Waals surface area contributed by atoms with Gasteiger partial charge in [0.25, 0.3) is 0 Å². The van der Waals surface area contributed by atoms with Crippen LogP contribution in [0.5, 0.6) is 5.75 Å². The largest absolute Gasteiger partial charge is 0.549 e. The fourth-order valence-electron chi connectivity index (χ4n) is 2.33. The smallest absolute Gasteiger partial charge is 0.322 e. The number of carbonyl (C=O) groups is 2. The minimum Gasteiger partial charge on any atom is -0.549 e. The van der Waals surface area contributed by atoms with E-state index in [-0.39, 0.29) is 22.4 Å². The molecule has 0 amide bonds. The number of hydrogen-bond acceptors (Lipinski definition) is 6. The zero-order valence-corrected chi connectivity index (χ0v) is 14.4. The molecule has 0 radical (unpaired) electrons. The average Bonchev–Trinajstić information content (AvgIpc) is 2.59. The molecule has 134 valence electrons. The number of esters is 1. The molecule has 0 fully saturated rings. The van der Waals surface area contributed by atoms with Crippen LogP contribution in [-0.2, 0) is 9.59 Å². The molecule has 0 saturated heterocycles. The highest BCUT2D eigenvalue weighted by Crippen LogP contribution is 2.40. The Labute approximate surface area is 149 Å². The van der Waals surface area contributed by atoms with E-state index < -0.39 is 28.9 Å². The molecule has 2 N–H and O–H groups in total. The SMILES string of the molecule is Cc1c(C#N)c(N)c(OC(=O)C(C)(C)C(=O)[O-])c(F)c1-c1ccccc1. The average molecular weight is 355 g/mol. The molecule has 0 unspecified atom stereocenters. The van der Waals surface area contributed by atoms with Crippen molar-refractivity contribution >= 4 is 17.6 Å². The Kier molecular flexibility index (Phi) is 4.98. The Morgan fingerprint density at radius 2 is 1.85 bits per heavy atom. The van der Waals surface area contributed by atoms with E-state index in [1.165, 1.54) is 6.92 Å². The Balaban J connectivity index is 2.70. The van der Waals surface area contributed by atoms with Crippen molar-refractivity contribution in [3.63, 3.8) is 0 Å². The van der Waals surface area contributed by atoms with Gasteiger partial charge < -0.3 is 20.4 Å². The third kappa shape index (κ3) is 3.09. The highest BCUT2D eigenvalue weighted by atomic mass is 19.1. The number of nitrogen functional groups attached to an aromatic ring is 1. The van der Waals surface area contributed by atoms with Gasteiger partial charge in [0.2, 0.25) is 0 Å². The first-order valence-electron chi connectivity index (χ1n) is 7.63. The summed E-state index contributed by atoms with van der Waals surface area (Å²) in [7, 11) is 0. The molecule has 6 nitrogen and oxygen atoms in total. The molecule has 0 bridgehead atoms. The lowest BCUT2D eigenvalue weighted by Gasteiger charge is -2.24. The van der Waals surface area contributed by atoms with Gasteiger partial charge in [0.1, 0.15) is 11.5 Å². The quantitative estimate of drug-likeness (QED) is 0.388. The number of nitrogens with zero attached hydrogens (tertiary/aromatic N) is 1. The Morgan fingerprint density at radius 1 is 1.27 bits per heavy atom. The predicted molar refractivity (Wildman–Crippen MR) is 90.1 cm³/mol. The molecule has 0 atom stereocenters. The minimum atomic E-state index is -2.02. The summed E-state index contributed by atoms with van der Waals surface area (Å²) in [6, 6.07) is 10.2. The molecule has 0 aliphatic carbocycles. The fraction of sp³-hybridized carbons (Fsp3) is 0.211. The lowest BCUT2D eigenvalue weighted by Crippen LogP contribution is -2.45. The summed E-state index contributed by atoms with van der Waals surface area (Å²) in [5.74, 6) is -4.56. The number of benzene rings is 2. The van der Waals surface area contributed by atoms with E-state index in [4.69, 9.17) is 10.5 Å². The number of anilines is 1. The molecule has 0 saturated carbocycles. The van der Waals surface area contributed by atoms with Crippen LogP contribution in [0.3, 0.4) is 0 Å². The molecule has 0 heterocycles. The summed E-state index contributed by atoms with van der Waals surface area (Å²) >= 11 is 0. The van der Waals surface area contributed by atoms with Gasteiger partial charge in [-0.3, -0.25) is 4.79 Å². The zero-order valence-electron chi connectivity index (χ0n) is 14.4. The molecule has 7 heteroatoms. The van der Waals surface area contributed by atoms with Crippen molar-refractivity contribution in [2.24, 2.45) is 5.41 Å². The van der Waals surface area contributed by atoms with Crippen molar-refractivity contribution in [3.05, 3.63) is 47.3 Å². The lowest BCUT2D eigenvalue weighted by molar-refractivity contribution is -0.316. The maximum absolute atomic E-state index is 15.1. The summed E-state index contributed by atoms with van der Waals surface area (Å²) in [5.41, 5.74) is 4.14. The van der Waals surface area contributed by atoms with Crippen molar-refractivity contribution in [2.75, 3.05) is 5.73 Å². The predicted octanol–water partition coefficient (Wildman–Crippen LogP) is 1.94. The summed E-state index contributed by atoms with van der Waals surface area (Å²) in [4.78, 5) is 23.3. The van der Waals surface area contributed by atoms with Crippen molar-refractivity contribution < 1.29 is 23.8 Å². The standard InChI is InChI=1S/C19H17FN2O4/c1-10-12(9-21)15(22)16(26-18(25)19(2,3)17(23)24)14(20)13(10)11-7-5-4-6-8-11/h4-8H,22H2,1-3H3,(H,23,24)/p-1. The first-order valence-corrected chi connectivity index (χ1v) is 7.63. The fourth-order valence-corrected chi connectivity index (χ4v) is 2.33. The number of nitrogens with two attached hydrogens (primary N) is 1. The van der Waals surface area contributed by atoms with Gasteiger partial charge in [-0.05, 0) is 31.9 Å². The van der Waals surface area contributed by atoms with Gasteiger partial charge >= 0.3 is 5.97 Å². The van der Waals surface area contributed by atoms with Crippen LogP contribution in [0.4, 0.5) is 10.1 Å². The Hall–Kier alpha value is -3.40. The van der Waals surface area contributed by atoms with Crippen molar-refractivity contribution in [2.45, 2.75) is 20.8 Å². The Bertz CT molecular complexity index is 931. The zero-order chi connectivity index (χ0) is 19.6. The molecule has 2 aromatic carbocycles. The third-order valence-corrected chi connectivity index (χ3v) is 4.07. The second-order valence-corrected chi connectivity index (χ2v) is 6.21. The molecule has 2 rings (SSSR count). The van der Waals surface area contributed by atoms with Crippen LogP contribution in [0, 0.1) is 29.5 Å². The summed E-state index contributed by atoms with van der Waals surface area (Å²) in [6.07, 6.45) is 0. The molecule has 0 spiro atoms. The van der Waals surface area contributed by atoms with Crippen LogP contribution in [0.15, 0.2) is 30.3 Å². The van der Waals surface area contributed by atoms with E-state index in [0.717, 1.165) is 13.8 Å².